The van der Waals surface area contributed by atoms with Gasteiger partial charge in [0.1, 0.15) is 18.2 Å². The van der Waals surface area contributed by atoms with Crippen molar-refractivity contribution in [1.82, 2.24) is 20.0 Å². The Balaban J connectivity index is 1.15. The SMILES string of the molecule is CN(Cc1cccc(OCCN2CCN(C(=O)/C=C/c3cccc(F)c3)CC2)c1)C[C@H]1CCC(=O)N1. The Kier molecular flexibility index (Phi) is 9.08. The van der Waals surface area contributed by atoms with Crippen LogP contribution in [0.3, 0.4) is 0 Å². The highest BCUT2D eigenvalue weighted by Crippen LogP contribution is 2.16. The molecule has 2 aliphatic rings. The molecule has 2 aromatic carbocycles. The van der Waals surface area contributed by atoms with E-state index >= 15 is 0 Å². The number of hydrogen-bond donors (Lipinski definition) is 1. The van der Waals surface area contributed by atoms with E-state index in [1.54, 1.807) is 18.2 Å². The Morgan fingerprint density at radius 3 is 2.72 bits per heavy atom. The van der Waals surface area contributed by atoms with E-state index in [0.29, 0.717) is 31.7 Å². The molecule has 192 valence electrons. The van der Waals surface area contributed by atoms with Crippen LogP contribution < -0.4 is 10.1 Å². The van der Waals surface area contributed by atoms with Crippen LogP contribution in [0.5, 0.6) is 5.75 Å². The molecule has 0 bridgehead atoms. The van der Waals surface area contributed by atoms with Crippen molar-refractivity contribution in [2.45, 2.75) is 25.4 Å². The van der Waals surface area contributed by atoms with Crippen LogP contribution in [0.15, 0.2) is 54.6 Å². The quantitative estimate of drug-likeness (QED) is 0.515. The molecule has 0 aliphatic carbocycles. The van der Waals surface area contributed by atoms with Gasteiger partial charge in [0.15, 0.2) is 0 Å². The van der Waals surface area contributed by atoms with E-state index in [9.17, 15) is 14.0 Å². The first-order chi connectivity index (χ1) is 17.4. The first kappa shape index (κ1) is 25.9. The monoisotopic (exact) mass is 494 g/mol. The third-order valence-electron chi connectivity index (χ3n) is 6.60. The zero-order chi connectivity index (χ0) is 25.3. The van der Waals surface area contributed by atoms with E-state index in [4.69, 9.17) is 4.74 Å². The van der Waals surface area contributed by atoms with Crippen LogP contribution in [0.25, 0.3) is 6.08 Å². The van der Waals surface area contributed by atoms with Gasteiger partial charge in [-0.2, -0.15) is 0 Å². The van der Waals surface area contributed by atoms with Crippen LogP contribution >= 0.6 is 0 Å². The van der Waals surface area contributed by atoms with Gasteiger partial charge < -0.3 is 19.9 Å². The van der Waals surface area contributed by atoms with E-state index in [-0.39, 0.29) is 23.7 Å². The van der Waals surface area contributed by atoms with Gasteiger partial charge in [-0.15, -0.1) is 0 Å². The van der Waals surface area contributed by atoms with Crippen molar-refractivity contribution in [2.24, 2.45) is 0 Å². The number of rotatable bonds is 10. The average molecular weight is 495 g/mol. The molecule has 0 radical (unpaired) electrons. The molecule has 2 heterocycles. The van der Waals surface area contributed by atoms with Gasteiger partial charge in [0.25, 0.3) is 0 Å². The van der Waals surface area contributed by atoms with E-state index in [1.807, 2.05) is 17.0 Å². The third-order valence-corrected chi connectivity index (χ3v) is 6.60. The number of benzene rings is 2. The lowest BCUT2D eigenvalue weighted by molar-refractivity contribution is -0.127. The van der Waals surface area contributed by atoms with Crippen molar-refractivity contribution < 1.29 is 18.7 Å². The number of carbonyl (C=O) groups is 2. The molecule has 2 amide bonds. The first-order valence-corrected chi connectivity index (χ1v) is 12.6. The van der Waals surface area contributed by atoms with Crippen molar-refractivity contribution in [3.63, 3.8) is 0 Å². The molecule has 2 aliphatic heterocycles. The molecular weight excluding hydrogens is 459 g/mol. The number of nitrogens with one attached hydrogen (secondary N) is 1. The first-order valence-electron chi connectivity index (χ1n) is 12.6. The van der Waals surface area contributed by atoms with Crippen molar-refractivity contribution in [1.29, 1.82) is 0 Å². The fourth-order valence-corrected chi connectivity index (χ4v) is 4.67. The van der Waals surface area contributed by atoms with Crippen LogP contribution in [0, 0.1) is 5.82 Å². The third kappa shape index (κ3) is 7.90. The van der Waals surface area contributed by atoms with Crippen molar-refractivity contribution >= 4 is 17.9 Å². The van der Waals surface area contributed by atoms with Gasteiger partial charge in [-0.05, 0) is 54.9 Å². The fourth-order valence-electron chi connectivity index (χ4n) is 4.67. The number of halogens is 1. The van der Waals surface area contributed by atoms with Crippen LogP contribution in [0.1, 0.15) is 24.0 Å². The average Bonchev–Trinajstić information content (AvgIpc) is 3.27. The Hall–Kier alpha value is -3.23. The van der Waals surface area contributed by atoms with Crippen molar-refractivity contribution in [2.75, 3.05) is 52.9 Å². The smallest absolute Gasteiger partial charge is 0.246 e. The highest BCUT2D eigenvalue weighted by molar-refractivity contribution is 5.91. The fraction of sp³-hybridized carbons (Fsp3) is 0.429. The molecule has 2 aromatic rings. The summed E-state index contributed by atoms with van der Waals surface area (Å²) in [5.74, 6) is 0.642. The largest absolute Gasteiger partial charge is 0.492 e. The summed E-state index contributed by atoms with van der Waals surface area (Å²) < 4.78 is 19.3. The summed E-state index contributed by atoms with van der Waals surface area (Å²) >= 11 is 0. The Bertz CT molecular complexity index is 1070. The van der Waals surface area contributed by atoms with Crippen LogP contribution in [-0.4, -0.2) is 85.5 Å². The van der Waals surface area contributed by atoms with Crippen molar-refractivity contribution in [3.05, 3.63) is 71.6 Å². The molecule has 0 aromatic heterocycles. The summed E-state index contributed by atoms with van der Waals surface area (Å²) in [6.45, 7) is 5.94. The Labute approximate surface area is 212 Å². The number of ether oxygens (including phenoxy) is 1. The van der Waals surface area contributed by atoms with E-state index in [1.165, 1.54) is 23.8 Å². The van der Waals surface area contributed by atoms with E-state index < -0.39 is 0 Å². The standard InChI is InChI=1S/C28H35FN4O3/c1-31(21-25-9-10-27(34)30-25)20-23-5-3-7-26(19-23)36-17-16-32-12-14-33(15-13-32)28(35)11-8-22-4-2-6-24(29)18-22/h2-8,11,18-19,25H,9-10,12-17,20-21H2,1H3,(H,30,34)/b11-8+/t25-/m1/s1. The molecule has 1 N–H and O–H groups in total. The maximum absolute atomic E-state index is 13.3. The topological polar surface area (TPSA) is 65.1 Å². The summed E-state index contributed by atoms with van der Waals surface area (Å²) in [5, 5.41) is 3.02. The lowest BCUT2D eigenvalue weighted by Crippen LogP contribution is -2.49. The summed E-state index contributed by atoms with van der Waals surface area (Å²) in [6.07, 6.45) is 4.70. The van der Waals surface area contributed by atoms with Gasteiger partial charge in [0, 0.05) is 64.4 Å². The molecule has 0 saturated carbocycles. The van der Waals surface area contributed by atoms with Gasteiger partial charge in [-0.1, -0.05) is 24.3 Å². The number of nitrogens with zero attached hydrogens (tertiary/aromatic N) is 3. The summed E-state index contributed by atoms with van der Waals surface area (Å²) in [6, 6.07) is 14.6. The maximum Gasteiger partial charge on any atom is 0.246 e. The van der Waals surface area contributed by atoms with Gasteiger partial charge in [-0.25, -0.2) is 4.39 Å². The molecule has 2 fully saturated rings. The summed E-state index contributed by atoms with van der Waals surface area (Å²) in [5.41, 5.74) is 1.86. The predicted molar refractivity (Wildman–Crippen MR) is 138 cm³/mol. The van der Waals surface area contributed by atoms with Crippen LogP contribution in [0.2, 0.25) is 0 Å². The second-order valence-electron chi connectivity index (χ2n) is 9.55. The Morgan fingerprint density at radius 1 is 1.17 bits per heavy atom. The zero-order valence-corrected chi connectivity index (χ0v) is 20.9. The second kappa shape index (κ2) is 12.6. The van der Waals surface area contributed by atoms with Gasteiger partial charge in [0.2, 0.25) is 11.8 Å². The van der Waals surface area contributed by atoms with E-state index in [0.717, 1.165) is 44.9 Å². The molecule has 0 unspecified atom stereocenters. The molecule has 1 atom stereocenters. The number of likely N-dealkylation sites (N-methyl/N-ethyl adjacent to an activating group) is 1. The molecule has 4 rings (SSSR count). The minimum atomic E-state index is -0.310. The molecule has 0 spiro atoms. The highest BCUT2D eigenvalue weighted by Gasteiger charge is 2.22. The highest BCUT2D eigenvalue weighted by atomic mass is 19.1. The minimum absolute atomic E-state index is 0.0488. The second-order valence-corrected chi connectivity index (χ2v) is 9.55. The molecule has 8 heteroatoms. The number of hydrogen-bond acceptors (Lipinski definition) is 5. The molecular formula is C28H35FN4O3. The van der Waals surface area contributed by atoms with Crippen LogP contribution in [0.4, 0.5) is 4.39 Å². The maximum atomic E-state index is 13.3. The lowest BCUT2D eigenvalue weighted by Gasteiger charge is -2.34. The van der Waals surface area contributed by atoms with Gasteiger partial charge in [0.05, 0.1) is 0 Å². The van der Waals surface area contributed by atoms with Gasteiger partial charge in [-0.3, -0.25) is 14.5 Å². The normalized spacial score (nSPS) is 18.7. The summed E-state index contributed by atoms with van der Waals surface area (Å²) in [4.78, 5) is 30.2. The van der Waals surface area contributed by atoms with E-state index in [2.05, 4.69) is 34.3 Å². The Morgan fingerprint density at radius 2 is 1.97 bits per heavy atom. The molecule has 2 saturated heterocycles. The molecule has 7 nitrogen and oxygen atoms in total. The predicted octanol–water partition coefficient (Wildman–Crippen LogP) is 2.77. The van der Waals surface area contributed by atoms with Crippen LogP contribution in [-0.2, 0) is 16.1 Å². The van der Waals surface area contributed by atoms with Crippen molar-refractivity contribution in [3.8, 4) is 5.75 Å². The number of amides is 2. The number of piperazine rings is 1. The summed E-state index contributed by atoms with van der Waals surface area (Å²) in [7, 11) is 2.07. The van der Waals surface area contributed by atoms with Gasteiger partial charge >= 0.3 is 0 Å². The lowest BCUT2D eigenvalue weighted by atomic mass is 10.1. The number of carbonyl (C=O) groups excluding carboxylic acids is 2. The zero-order valence-electron chi connectivity index (χ0n) is 20.9. The minimum Gasteiger partial charge on any atom is -0.492 e. The molecule has 36 heavy (non-hydrogen) atoms.